The van der Waals surface area contributed by atoms with Gasteiger partial charge < -0.3 is 14.4 Å². The summed E-state index contributed by atoms with van der Waals surface area (Å²) in [4.78, 5) is 14.9. The number of hydrogen-bond acceptors (Lipinski definition) is 3. The van der Waals surface area contributed by atoms with Crippen LogP contribution in [0.25, 0.3) is 11.0 Å². The van der Waals surface area contributed by atoms with Gasteiger partial charge in [-0.2, -0.15) is 0 Å². The fourth-order valence-corrected chi connectivity index (χ4v) is 3.75. The summed E-state index contributed by atoms with van der Waals surface area (Å²) in [6.07, 6.45) is 4.17. The van der Waals surface area contributed by atoms with Crippen molar-refractivity contribution in [3.8, 4) is 0 Å². The molecule has 1 atom stereocenters. The zero-order valence-electron chi connectivity index (χ0n) is 13.2. The number of hydrogen-bond donors (Lipinski definition) is 1. The van der Waals surface area contributed by atoms with Crippen LogP contribution >= 0.6 is 0 Å². The molecule has 22 heavy (non-hydrogen) atoms. The third-order valence-corrected chi connectivity index (χ3v) is 4.64. The zero-order chi connectivity index (χ0) is 15.7. The number of furan rings is 1. The summed E-state index contributed by atoms with van der Waals surface area (Å²) in [7, 11) is 0. The number of rotatable bonds is 4. The number of aliphatic hydroxyl groups is 1. The third kappa shape index (κ3) is 2.41. The molecule has 1 N–H and O–H groups in total. The summed E-state index contributed by atoms with van der Waals surface area (Å²) in [6, 6.07) is 7.58. The van der Waals surface area contributed by atoms with Gasteiger partial charge in [0.05, 0.1) is 17.7 Å². The lowest BCUT2D eigenvalue weighted by Crippen LogP contribution is -2.50. The monoisotopic (exact) mass is 301 g/mol. The minimum absolute atomic E-state index is 0.0205. The van der Waals surface area contributed by atoms with Gasteiger partial charge in [-0.1, -0.05) is 32.0 Å². The molecule has 1 aromatic heterocycles. The van der Waals surface area contributed by atoms with Crippen molar-refractivity contribution in [2.24, 2.45) is 5.92 Å². The minimum Gasteiger partial charge on any atom is -0.463 e. The molecule has 0 aliphatic carbocycles. The average Bonchev–Trinajstić information content (AvgIpc) is 3.10. The van der Waals surface area contributed by atoms with E-state index in [0.29, 0.717) is 18.0 Å². The highest BCUT2D eigenvalue weighted by Gasteiger charge is 2.44. The van der Waals surface area contributed by atoms with E-state index in [0.717, 1.165) is 30.2 Å². The molecule has 0 radical (unpaired) electrons. The van der Waals surface area contributed by atoms with Crippen molar-refractivity contribution in [2.45, 2.75) is 38.6 Å². The first-order valence-corrected chi connectivity index (χ1v) is 7.96. The van der Waals surface area contributed by atoms with E-state index >= 15 is 0 Å². The first-order chi connectivity index (χ1) is 10.6. The summed E-state index contributed by atoms with van der Waals surface area (Å²) < 4.78 is 5.50. The Balaban J connectivity index is 1.96. The van der Waals surface area contributed by atoms with Crippen LogP contribution in [0.2, 0.25) is 0 Å². The number of aliphatic hydroxyl groups excluding tert-OH is 1. The summed E-state index contributed by atoms with van der Waals surface area (Å²) in [5.41, 5.74) is 0.895. The van der Waals surface area contributed by atoms with Gasteiger partial charge in [0.15, 0.2) is 0 Å². The molecule has 0 bridgehead atoms. The Kier molecular flexibility index (Phi) is 3.96. The highest BCUT2D eigenvalue weighted by Crippen LogP contribution is 2.37. The second kappa shape index (κ2) is 5.76. The summed E-state index contributed by atoms with van der Waals surface area (Å²) in [5.74, 6) is 0.402. The highest BCUT2D eigenvalue weighted by atomic mass is 16.3. The Morgan fingerprint density at radius 2 is 2.18 bits per heavy atom. The predicted octanol–water partition coefficient (Wildman–Crippen LogP) is 3.45. The van der Waals surface area contributed by atoms with Gasteiger partial charge in [0, 0.05) is 11.9 Å². The van der Waals surface area contributed by atoms with E-state index in [4.69, 9.17) is 4.42 Å². The molecule has 1 aromatic carbocycles. The Bertz CT molecular complexity index is 676. The molecule has 1 amide bonds. The van der Waals surface area contributed by atoms with Crippen LogP contribution in [0.1, 0.15) is 43.5 Å². The first-order valence-electron chi connectivity index (χ1n) is 7.96. The Hall–Kier alpha value is -1.81. The number of carbonyl (C=O) groups is 1. The molecule has 1 aliphatic rings. The lowest BCUT2D eigenvalue weighted by Gasteiger charge is -2.38. The topological polar surface area (TPSA) is 53.7 Å². The third-order valence-electron chi connectivity index (χ3n) is 4.64. The van der Waals surface area contributed by atoms with E-state index in [9.17, 15) is 9.90 Å². The lowest BCUT2D eigenvalue weighted by molar-refractivity contribution is 0.0333. The second-order valence-electron chi connectivity index (χ2n) is 6.69. The molecule has 2 heterocycles. The molecule has 3 rings (SSSR count). The van der Waals surface area contributed by atoms with Gasteiger partial charge in [-0.15, -0.1) is 0 Å². The Morgan fingerprint density at radius 1 is 1.41 bits per heavy atom. The molecule has 1 fully saturated rings. The van der Waals surface area contributed by atoms with Crippen molar-refractivity contribution >= 4 is 16.9 Å². The van der Waals surface area contributed by atoms with Crippen molar-refractivity contribution in [1.82, 2.24) is 4.90 Å². The van der Waals surface area contributed by atoms with Gasteiger partial charge in [-0.05, 0) is 31.2 Å². The predicted molar refractivity (Wildman–Crippen MR) is 85.8 cm³/mol. The Labute approximate surface area is 130 Å². The van der Waals surface area contributed by atoms with Crippen LogP contribution in [0.5, 0.6) is 0 Å². The molecule has 1 saturated heterocycles. The van der Waals surface area contributed by atoms with Crippen LogP contribution < -0.4 is 0 Å². The summed E-state index contributed by atoms with van der Waals surface area (Å²) in [6.45, 7) is 4.98. The van der Waals surface area contributed by atoms with Crippen LogP contribution in [0.4, 0.5) is 0 Å². The fourth-order valence-electron chi connectivity index (χ4n) is 3.75. The Morgan fingerprint density at radius 3 is 2.91 bits per heavy atom. The van der Waals surface area contributed by atoms with Gasteiger partial charge in [0.25, 0.3) is 5.91 Å². The van der Waals surface area contributed by atoms with Crippen molar-refractivity contribution in [3.63, 3.8) is 0 Å². The van der Waals surface area contributed by atoms with Gasteiger partial charge in [0.2, 0.25) is 0 Å². The molecule has 0 saturated carbocycles. The molecule has 0 spiro atoms. The molecular weight excluding hydrogens is 278 g/mol. The average molecular weight is 301 g/mol. The number of para-hydroxylation sites is 1. The molecule has 1 unspecified atom stereocenters. The van der Waals surface area contributed by atoms with E-state index in [1.165, 1.54) is 0 Å². The lowest BCUT2D eigenvalue weighted by atomic mass is 9.86. The molecule has 118 valence electrons. The van der Waals surface area contributed by atoms with Gasteiger partial charge in [-0.3, -0.25) is 4.79 Å². The van der Waals surface area contributed by atoms with E-state index in [2.05, 4.69) is 13.8 Å². The van der Waals surface area contributed by atoms with Gasteiger partial charge in [-0.25, -0.2) is 0 Å². The van der Waals surface area contributed by atoms with Crippen molar-refractivity contribution in [3.05, 3.63) is 36.1 Å². The largest absolute Gasteiger partial charge is 0.463 e. The highest BCUT2D eigenvalue weighted by molar-refractivity contribution is 6.06. The minimum atomic E-state index is -0.427. The second-order valence-corrected chi connectivity index (χ2v) is 6.69. The SMILES string of the molecule is CC(C)CC1(CO)CCCN1C(=O)c1coc2ccccc12. The molecule has 2 aromatic rings. The smallest absolute Gasteiger partial charge is 0.258 e. The fraction of sp³-hybridized carbons (Fsp3) is 0.500. The first kappa shape index (κ1) is 15.1. The van der Waals surface area contributed by atoms with Crippen molar-refractivity contribution in [2.75, 3.05) is 13.2 Å². The van der Waals surface area contributed by atoms with Crippen LogP contribution in [0, 0.1) is 5.92 Å². The summed E-state index contributed by atoms with van der Waals surface area (Å²) in [5, 5.41) is 10.8. The number of carbonyl (C=O) groups excluding carboxylic acids is 1. The van der Waals surface area contributed by atoms with Crippen molar-refractivity contribution < 1.29 is 14.3 Å². The normalized spacial score (nSPS) is 21.9. The maximum atomic E-state index is 13.0. The van der Waals surface area contributed by atoms with Crippen LogP contribution in [0.3, 0.4) is 0 Å². The zero-order valence-corrected chi connectivity index (χ0v) is 13.2. The molecule has 1 aliphatic heterocycles. The van der Waals surface area contributed by atoms with E-state index < -0.39 is 5.54 Å². The van der Waals surface area contributed by atoms with Gasteiger partial charge in [0.1, 0.15) is 11.8 Å². The molecule has 4 heteroatoms. The van der Waals surface area contributed by atoms with Gasteiger partial charge >= 0.3 is 0 Å². The van der Waals surface area contributed by atoms with E-state index in [1.807, 2.05) is 29.2 Å². The maximum Gasteiger partial charge on any atom is 0.258 e. The number of nitrogens with zero attached hydrogens (tertiary/aromatic N) is 1. The molecular formula is C18H23NO3. The van der Waals surface area contributed by atoms with Crippen LogP contribution in [-0.2, 0) is 0 Å². The number of amides is 1. The van der Waals surface area contributed by atoms with E-state index in [1.54, 1.807) is 6.26 Å². The number of benzene rings is 1. The molecule has 4 nitrogen and oxygen atoms in total. The standard InChI is InChI=1S/C18H23NO3/c1-13(2)10-18(12-20)8-5-9-19(18)17(21)15-11-22-16-7-4-3-6-14(15)16/h3-4,6-7,11,13,20H,5,8-10,12H2,1-2H3. The maximum absolute atomic E-state index is 13.0. The number of fused-ring (bicyclic) bond motifs is 1. The van der Waals surface area contributed by atoms with Crippen molar-refractivity contribution in [1.29, 1.82) is 0 Å². The van der Waals surface area contributed by atoms with Crippen LogP contribution in [-0.4, -0.2) is 34.6 Å². The van der Waals surface area contributed by atoms with E-state index in [-0.39, 0.29) is 12.5 Å². The number of likely N-dealkylation sites (tertiary alicyclic amines) is 1. The van der Waals surface area contributed by atoms with Crippen LogP contribution in [0.15, 0.2) is 34.9 Å². The quantitative estimate of drug-likeness (QED) is 0.941. The summed E-state index contributed by atoms with van der Waals surface area (Å²) >= 11 is 0.